The third-order valence-electron chi connectivity index (χ3n) is 7.19. The van der Waals surface area contributed by atoms with E-state index in [1.165, 1.54) is 0 Å². The molecule has 0 unspecified atom stereocenters. The summed E-state index contributed by atoms with van der Waals surface area (Å²) in [5, 5.41) is 3.23. The fourth-order valence-electron chi connectivity index (χ4n) is 5.22. The first-order valence-corrected chi connectivity index (χ1v) is 12.1. The Hall–Kier alpha value is -2.99. The minimum absolute atomic E-state index is 0.157. The van der Waals surface area contributed by atoms with Gasteiger partial charge in [0.25, 0.3) is 0 Å². The number of hydrogen-bond donors (Lipinski definition) is 0. The van der Waals surface area contributed by atoms with Crippen LogP contribution < -0.4 is 0 Å². The summed E-state index contributed by atoms with van der Waals surface area (Å²) >= 11 is 1.68. The smallest absolute Gasteiger partial charge is 0.339 e. The lowest BCUT2D eigenvalue weighted by molar-refractivity contribution is -0.134. The lowest BCUT2D eigenvalue weighted by Gasteiger charge is -2.27. The quantitative estimate of drug-likeness (QED) is 0.547. The van der Waals surface area contributed by atoms with Crippen molar-refractivity contribution in [3.05, 3.63) is 75.6 Å². The van der Waals surface area contributed by atoms with Gasteiger partial charge in [0.2, 0.25) is 5.91 Å². The van der Waals surface area contributed by atoms with Crippen molar-refractivity contribution in [2.45, 2.75) is 43.6 Å². The largest absolute Gasteiger partial charge is 0.449 e. The molecule has 1 spiro atoms. The van der Waals surface area contributed by atoms with Crippen LogP contribution in [0.2, 0.25) is 0 Å². The second-order valence-corrected chi connectivity index (χ2v) is 9.99. The van der Waals surface area contributed by atoms with Crippen molar-refractivity contribution in [1.82, 2.24) is 9.88 Å². The molecule has 5 nitrogen and oxygen atoms in total. The number of ether oxygens (including phenoxy) is 1. The molecule has 1 amide bonds. The number of carbonyl (C=O) groups excluding carboxylic acids is 2. The Morgan fingerprint density at radius 3 is 2.62 bits per heavy atom. The molecule has 1 aliphatic carbocycles. The van der Waals surface area contributed by atoms with Crippen molar-refractivity contribution in [3.8, 4) is 11.3 Å². The molecule has 1 saturated carbocycles. The molecule has 2 fully saturated rings. The van der Waals surface area contributed by atoms with Crippen LogP contribution >= 0.6 is 11.3 Å². The molecule has 1 atom stereocenters. The monoisotopic (exact) mass is 444 g/mol. The fourth-order valence-corrected chi connectivity index (χ4v) is 5.98. The molecule has 0 bridgehead atoms. The molecule has 1 aromatic heterocycles. The summed E-state index contributed by atoms with van der Waals surface area (Å²) in [4.78, 5) is 32.6. The van der Waals surface area contributed by atoms with E-state index < -0.39 is 11.0 Å². The Kier molecular flexibility index (Phi) is 4.31. The minimum atomic E-state index is -0.690. The van der Waals surface area contributed by atoms with E-state index in [1.54, 1.807) is 11.3 Å². The van der Waals surface area contributed by atoms with Crippen LogP contribution in [-0.4, -0.2) is 34.8 Å². The first-order chi connectivity index (χ1) is 15.5. The maximum atomic E-state index is 13.6. The molecule has 3 heterocycles. The zero-order chi connectivity index (χ0) is 21.9. The lowest BCUT2D eigenvalue weighted by atomic mass is 9.91. The summed E-state index contributed by atoms with van der Waals surface area (Å²) in [5.41, 5.74) is 3.58. The third-order valence-corrected chi connectivity index (χ3v) is 8.18. The van der Waals surface area contributed by atoms with Crippen LogP contribution in [0.5, 0.6) is 0 Å². The molecule has 0 N–H and O–H groups in total. The van der Waals surface area contributed by atoms with Gasteiger partial charge < -0.3 is 9.64 Å². The molecule has 3 aromatic rings. The van der Waals surface area contributed by atoms with Crippen LogP contribution in [0.4, 0.5) is 0 Å². The van der Waals surface area contributed by atoms with Crippen LogP contribution in [0, 0.1) is 0 Å². The number of aryl methyl sites for hydroxylation is 1. The predicted octanol–water partition coefficient (Wildman–Crippen LogP) is 4.70. The molecule has 1 saturated heterocycles. The second kappa shape index (κ2) is 7.01. The molecule has 162 valence electrons. The van der Waals surface area contributed by atoms with E-state index in [0.717, 1.165) is 46.7 Å². The first-order valence-electron chi connectivity index (χ1n) is 11.2. The first kappa shape index (κ1) is 19.7. The molecule has 32 heavy (non-hydrogen) atoms. The number of hydrogen-bond acceptors (Lipinski definition) is 5. The Morgan fingerprint density at radius 1 is 1.12 bits per heavy atom. The number of aromatic nitrogens is 1. The number of nitrogens with zero attached hydrogens (tertiary/aromatic N) is 2. The number of likely N-dealkylation sites (tertiary alicyclic amines) is 1. The van der Waals surface area contributed by atoms with E-state index in [4.69, 9.17) is 4.74 Å². The summed E-state index contributed by atoms with van der Waals surface area (Å²) in [6.07, 6.45) is 3.32. The fraction of sp³-hybridized carbons (Fsp3) is 0.346. The van der Waals surface area contributed by atoms with Crippen LogP contribution in [0.3, 0.4) is 0 Å². The van der Waals surface area contributed by atoms with Gasteiger partial charge in [-0.25, -0.2) is 9.78 Å². The number of fused-ring (bicyclic) bond motifs is 2. The lowest BCUT2D eigenvalue weighted by Crippen LogP contribution is -2.40. The van der Waals surface area contributed by atoms with Gasteiger partial charge in [-0.05, 0) is 30.9 Å². The highest BCUT2D eigenvalue weighted by Gasteiger charge is 2.57. The van der Waals surface area contributed by atoms with E-state index in [0.29, 0.717) is 25.1 Å². The molecule has 6 heteroatoms. The molecule has 3 aliphatic rings. The highest BCUT2D eigenvalue weighted by molar-refractivity contribution is 7.09. The number of carbonyl (C=O) groups is 2. The molecular formula is C26H24N2O3S. The third kappa shape index (κ3) is 2.85. The maximum Gasteiger partial charge on any atom is 0.339 e. The van der Waals surface area contributed by atoms with Crippen molar-refractivity contribution in [2.24, 2.45) is 0 Å². The van der Waals surface area contributed by atoms with Gasteiger partial charge in [-0.15, -0.1) is 11.3 Å². The van der Waals surface area contributed by atoms with Gasteiger partial charge in [-0.1, -0.05) is 49.4 Å². The summed E-state index contributed by atoms with van der Waals surface area (Å²) in [5.74, 6) is -0.121. The van der Waals surface area contributed by atoms with E-state index in [9.17, 15) is 9.59 Å². The van der Waals surface area contributed by atoms with Gasteiger partial charge >= 0.3 is 5.97 Å². The van der Waals surface area contributed by atoms with Crippen molar-refractivity contribution in [1.29, 1.82) is 0 Å². The molecular weight excluding hydrogens is 420 g/mol. The van der Waals surface area contributed by atoms with Gasteiger partial charge in [0.05, 0.1) is 28.2 Å². The number of rotatable bonds is 4. The van der Waals surface area contributed by atoms with Crippen molar-refractivity contribution in [2.75, 3.05) is 13.1 Å². The van der Waals surface area contributed by atoms with Gasteiger partial charge in [0, 0.05) is 29.5 Å². The van der Waals surface area contributed by atoms with E-state index >= 15 is 0 Å². The summed E-state index contributed by atoms with van der Waals surface area (Å²) < 4.78 is 5.84. The van der Waals surface area contributed by atoms with Crippen LogP contribution in [0.1, 0.15) is 52.7 Å². The topological polar surface area (TPSA) is 59.5 Å². The van der Waals surface area contributed by atoms with E-state index in [1.807, 2.05) is 29.2 Å². The summed E-state index contributed by atoms with van der Waals surface area (Å²) in [6, 6.07) is 15.9. The average Bonchev–Trinajstić information content (AvgIpc) is 3.18. The van der Waals surface area contributed by atoms with Crippen molar-refractivity contribution >= 4 is 23.2 Å². The van der Waals surface area contributed by atoms with Crippen LogP contribution in [0.15, 0.2) is 53.9 Å². The molecule has 0 radical (unpaired) electrons. The zero-order valence-corrected chi connectivity index (χ0v) is 18.8. The SMILES string of the molecule is CCc1nc(-c2ccc(C3(C(=O)N4CC[C@@]5(C4)OC(=O)c4ccccc45)CC3)cc2)cs1. The highest BCUT2D eigenvalue weighted by atomic mass is 32.1. The Morgan fingerprint density at radius 2 is 1.91 bits per heavy atom. The van der Waals surface area contributed by atoms with E-state index in [2.05, 4.69) is 41.6 Å². The Bertz CT molecular complexity index is 1230. The Labute approximate surface area is 191 Å². The van der Waals surface area contributed by atoms with E-state index in [-0.39, 0.29) is 11.9 Å². The second-order valence-electron chi connectivity index (χ2n) is 9.05. The number of benzene rings is 2. The normalized spacial score (nSPS) is 22.8. The maximum absolute atomic E-state index is 13.6. The van der Waals surface area contributed by atoms with Crippen molar-refractivity contribution < 1.29 is 14.3 Å². The van der Waals surface area contributed by atoms with Gasteiger partial charge in [0.15, 0.2) is 5.60 Å². The average molecular weight is 445 g/mol. The highest BCUT2D eigenvalue weighted by Crippen LogP contribution is 2.52. The van der Waals surface area contributed by atoms with Crippen LogP contribution in [-0.2, 0) is 27.0 Å². The van der Waals surface area contributed by atoms with Gasteiger partial charge in [-0.2, -0.15) is 0 Å². The molecule has 6 rings (SSSR count). The summed E-state index contributed by atoms with van der Waals surface area (Å²) in [6.45, 7) is 3.16. The number of thiazole rings is 1. The van der Waals surface area contributed by atoms with Crippen LogP contribution in [0.25, 0.3) is 11.3 Å². The van der Waals surface area contributed by atoms with Gasteiger partial charge in [0.1, 0.15) is 0 Å². The molecule has 2 aliphatic heterocycles. The number of esters is 1. The predicted molar refractivity (Wildman–Crippen MR) is 123 cm³/mol. The molecule has 2 aromatic carbocycles. The summed E-state index contributed by atoms with van der Waals surface area (Å²) in [7, 11) is 0. The minimum Gasteiger partial charge on any atom is -0.449 e. The Balaban J connectivity index is 1.23. The van der Waals surface area contributed by atoms with Gasteiger partial charge in [-0.3, -0.25) is 4.79 Å². The zero-order valence-electron chi connectivity index (χ0n) is 18.0. The van der Waals surface area contributed by atoms with Crippen molar-refractivity contribution in [3.63, 3.8) is 0 Å². The number of amides is 1. The standard InChI is InChI=1S/C26H24N2O3S/c1-2-22-27-21(15-32-22)17-7-9-18(10-8-17)25(11-12-25)24(30)28-14-13-26(16-28)20-6-4-3-5-19(20)23(29)31-26/h3-10,15H,2,11-14,16H2,1H3/t26-/m0/s1.